The monoisotopic (exact) mass is 260 g/mol. The molecule has 1 amide bonds. The van der Waals surface area contributed by atoms with Gasteiger partial charge in [-0.1, -0.05) is 0 Å². The molecule has 3 atom stereocenters. The average Bonchev–Trinajstić information content (AvgIpc) is 3.05. The quantitative estimate of drug-likeness (QED) is 0.772. The van der Waals surface area contributed by atoms with Crippen molar-refractivity contribution in [1.82, 2.24) is 10.2 Å². The molecule has 102 valence electrons. The van der Waals surface area contributed by atoms with E-state index in [0.29, 0.717) is 31.6 Å². The number of hydrogen-bond acceptors (Lipinski definition) is 3. The van der Waals surface area contributed by atoms with Gasteiger partial charge in [-0.05, 0) is 32.1 Å². The van der Waals surface area contributed by atoms with Crippen LogP contribution in [0.3, 0.4) is 0 Å². The van der Waals surface area contributed by atoms with Gasteiger partial charge in [0.15, 0.2) is 0 Å². The van der Waals surface area contributed by atoms with Gasteiger partial charge in [-0.3, -0.25) is 4.79 Å². The van der Waals surface area contributed by atoms with Crippen molar-refractivity contribution in [3.8, 4) is 6.07 Å². The van der Waals surface area contributed by atoms with Crippen molar-refractivity contribution in [3.63, 3.8) is 0 Å². The Hall–Kier alpha value is -1.59. The second kappa shape index (κ2) is 6.54. The highest BCUT2D eigenvalue weighted by Crippen LogP contribution is 2.25. The van der Waals surface area contributed by atoms with Crippen LogP contribution in [0, 0.1) is 23.8 Å². The van der Waals surface area contributed by atoms with Crippen molar-refractivity contribution in [2.75, 3.05) is 19.6 Å². The van der Waals surface area contributed by atoms with Crippen LogP contribution in [0.15, 0.2) is 0 Å². The van der Waals surface area contributed by atoms with E-state index in [9.17, 15) is 4.79 Å². The van der Waals surface area contributed by atoms with E-state index in [1.165, 1.54) is 0 Å². The van der Waals surface area contributed by atoms with E-state index in [0.717, 1.165) is 32.1 Å². The molecule has 0 radical (unpaired) electrons. The summed E-state index contributed by atoms with van der Waals surface area (Å²) in [4.78, 5) is 17.2. The van der Waals surface area contributed by atoms with E-state index in [1.54, 1.807) is 4.90 Å². The lowest BCUT2D eigenvalue weighted by atomic mass is 10.1. The molecule has 1 aliphatic carbocycles. The highest BCUT2D eigenvalue weighted by atomic mass is 16.2. The lowest BCUT2D eigenvalue weighted by Gasteiger charge is -2.21. The van der Waals surface area contributed by atoms with Gasteiger partial charge in [0.05, 0.1) is 12.6 Å². The Morgan fingerprint density at radius 3 is 3.05 bits per heavy atom. The molecule has 2 fully saturated rings. The summed E-state index contributed by atoms with van der Waals surface area (Å²) in [6, 6.07) is 2.32. The largest absolute Gasteiger partial charge is 0.326 e. The number of carbonyl (C=O) groups is 1. The second-order valence-electron chi connectivity index (χ2n) is 5.47. The third-order valence-electron chi connectivity index (χ3n) is 4.15. The van der Waals surface area contributed by atoms with Crippen molar-refractivity contribution in [3.05, 3.63) is 11.4 Å². The smallest absolute Gasteiger partial charge is 0.237 e. The van der Waals surface area contributed by atoms with Crippen LogP contribution in [0.2, 0.25) is 0 Å². The summed E-state index contributed by atoms with van der Waals surface area (Å²) in [7, 11) is 0. The Bertz CT molecular complexity index is 409. The number of nitrogens with zero attached hydrogens (tertiary/aromatic N) is 3. The number of nitriles is 1. The van der Waals surface area contributed by atoms with Crippen LogP contribution in [0.1, 0.15) is 32.1 Å². The molecule has 1 saturated carbocycles. The third kappa shape index (κ3) is 3.45. The fraction of sp³-hybridized carbons (Fsp3) is 0.786. The normalized spacial score (nSPS) is 30.0. The Labute approximate surface area is 114 Å². The van der Waals surface area contributed by atoms with Gasteiger partial charge in [0.1, 0.15) is 6.04 Å². The van der Waals surface area contributed by atoms with E-state index >= 15 is 0 Å². The highest BCUT2D eigenvalue weighted by Gasteiger charge is 2.30. The molecule has 0 bridgehead atoms. The molecule has 0 aromatic heterocycles. The summed E-state index contributed by atoms with van der Waals surface area (Å²) < 4.78 is 0. The van der Waals surface area contributed by atoms with Gasteiger partial charge in [-0.25, -0.2) is 6.57 Å². The number of nitrogens with one attached hydrogen (secondary N) is 1. The van der Waals surface area contributed by atoms with Crippen molar-refractivity contribution in [1.29, 1.82) is 5.26 Å². The predicted molar refractivity (Wildman–Crippen MR) is 70.9 cm³/mol. The molecular formula is C14H20N4O. The standard InChI is InChI=1S/C14H20N4O/c1-16-9-11-4-5-12(7-11)17-10-14(19)18-6-2-3-13(18)8-15/h11-13,17H,2-7,9-10H2/t11?,12?,13-/m0/s1. The zero-order valence-electron chi connectivity index (χ0n) is 11.1. The number of amides is 1. The molecule has 2 rings (SSSR count). The maximum atomic E-state index is 12.0. The van der Waals surface area contributed by atoms with Crippen LogP contribution < -0.4 is 5.32 Å². The maximum absolute atomic E-state index is 12.0. The van der Waals surface area contributed by atoms with Gasteiger partial charge in [0.2, 0.25) is 12.5 Å². The van der Waals surface area contributed by atoms with Gasteiger partial charge >= 0.3 is 0 Å². The first-order chi connectivity index (χ1) is 9.24. The first kappa shape index (κ1) is 13.8. The topological polar surface area (TPSA) is 60.5 Å². The van der Waals surface area contributed by atoms with Gasteiger partial charge in [-0.15, -0.1) is 0 Å². The first-order valence-electron chi connectivity index (χ1n) is 7.00. The van der Waals surface area contributed by atoms with Crippen LogP contribution in [0.5, 0.6) is 0 Å². The molecule has 0 aromatic rings. The number of rotatable bonds is 4. The zero-order valence-corrected chi connectivity index (χ0v) is 11.1. The van der Waals surface area contributed by atoms with Crippen LogP contribution in [0.25, 0.3) is 4.85 Å². The summed E-state index contributed by atoms with van der Waals surface area (Å²) >= 11 is 0. The summed E-state index contributed by atoms with van der Waals surface area (Å²) in [5.74, 6) is 0.529. The molecule has 19 heavy (non-hydrogen) atoms. The molecule has 1 N–H and O–H groups in total. The van der Waals surface area contributed by atoms with E-state index in [-0.39, 0.29) is 11.9 Å². The molecule has 0 aromatic carbocycles. The molecule has 1 saturated heterocycles. The van der Waals surface area contributed by atoms with Crippen molar-refractivity contribution >= 4 is 5.91 Å². The molecule has 5 nitrogen and oxygen atoms in total. The molecule has 5 heteroatoms. The lowest BCUT2D eigenvalue weighted by molar-refractivity contribution is -0.130. The van der Waals surface area contributed by atoms with Gasteiger partial charge in [-0.2, -0.15) is 5.26 Å². The molecule has 1 aliphatic heterocycles. The number of likely N-dealkylation sites (tertiary alicyclic amines) is 1. The van der Waals surface area contributed by atoms with E-state index in [2.05, 4.69) is 16.2 Å². The first-order valence-corrected chi connectivity index (χ1v) is 7.00. The van der Waals surface area contributed by atoms with Gasteiger partial charge in [0.25, 0.3) is 0 Å². The summed E-state index contributed by atoms with van der Waals surface area (Å²) in [5.41, 5.74) is 0. The van der Waals surface area contributed by atoms with Crippen LogP contribution in [-0.2, 0) is 4.79 Å². The minimum Gasteiger partial charge on any atom is -0.326 e. The highest BCUT2D eigenvalue weighted by molar-refractivity contribution is 5.79. The molecule has 0 spiro atoms. The van der Waals surface area contributed by atoms with E-state index < -0.39 is 0 Å². The van der Waals surface area contributed by atoms with Gasteiger partial charge < -0.3 is 15.1 Å². The third-order valence-corrected chi connectivity index (χ3v) is 4.15. The number of hydrogen-bond donors (Lipinski definition) is 1. The van der Waals surface area contributed by atoms with E-state index in [4.69, 9.17) is 11.8 Å². The summed E-state index contributed by atoms with van der Waals surface area (Å²) in [6.45, 7) is 8.52. The van der Waals surface area contributed by atoms with Crippen molar-refractivity contribution < 1.29 is 4.79 Å². The number of carbonyl (C=O) groups excluding carboxylic acids is 1. The molecule has 2 aliphatic rings. The predicted octanol–water partition coefficient (Wildman–Crippen LogP) is 1.18. The Balaban J connectivity index is 1.73. The van der Waals surface area contributed by atoms with Crippen LogP contribution in [0.4, 0.5) is 0 Å². The maximum Gasteiger partial charge on any atom is 0.237 e. The zero-order chi connectivity index (χ0) is 13.7. The fourth-order valence-electron chi connectivity index (χ4n) is 3.09. The second-order valence-corrected chi connectivity index (χ2v) is 5.47. The van der Waals surface area contributed by atoms with Crippen LogP contribution >= 0.6 is 0 Å². The van der Waals surface area contributed by atoms with E-state index in [1.807, 2.05) is 0 Å². The lowest BCUT2D eigenvalue weighted by Crippen LogP contribution is -2.42. The Kier molecular flexibility index (Phi) is 4.76. The van der Waals surface area contributed by atoms with Gasteiger partial charge in [0, 0.05) is 18.5 Å². The minimum absolute atomic E-state index is 0.0395. The molecule has 1 heterocycles. The Morgan fingerprint density at radius 1 is 1.47 bits per heavy atom. The van der Waals surface area contributed by atoms with Crippen molar-refractivity contribution in [2.24, 2.45) is 5.92 Å². The summed E-state index contributed by atoms with van der Waals surface area (Å²) in [6.07, 6.45) is 4.87. The van der Waals surface area contributed by atoms with Crippen molar-refractivity contribution in [2.45, 2.75) is 44.2 Å². The fourth-order valence-corrected chi connectivity index (χ4v) is 3.09. The molecule has 2 unspecified atom stereocenters. The summed E-state index contributed by atoms with van der Waals surface area (Å²) in [5, 5.41) is 12.3. The SMILES string of the molecule is [C-]#[N+]CC1CCC(NCC(=O)N2CCC[C@H]2C#N)C1. The minimum atomic E-state index is -0.229. The average molecular weight is 260 g/mol. The Morgan fingerprint density at radius 2 is 2.32 bits per heavy atom. The molecular weight excluding hydrogens is 240 g/mol. The van der Waals surface area contributed by atoms with Crippen LogP contribution in [-0.4, -0.2) is 42.5 Å².